The first-order chi connectivity index (χ1) is 10.2. The maximum absolute atomic E-state index is 9.07. The molecule has 108 valence electrons. The number of methoxy groups -OCH3 is 1. The Labute approximate surface area is 130 Å². The molecule has 0 radical (unpaired) electrons. The fraction of sp³-hybridized carbons (Fsp3) is 0.235. The Morgan fingerprint density at radius 2 is 2.05 bits per heavy atom. The number of rotatable bonds is 5. The lowest BCUT2D eigenvalue weighted by Gasteiger charge is -2.12. The Balaban J connectivity index is 2.48. The molecule has 0 bridgehead atoms. The Morgan fingerprint density at radius 3 is 2.71 bits per heavy atom. The molecule has 0 aromatic heterocycles. The van der Waals surface area contributed by atoms with Crippen molar-refractivity contribution < 1.29 is 4.74 Å². The number of ether oxygens (including phenoxy) is 1. The molecule has 0 aliphatic heterocycles. The first-order valence-corrected chi connectivity index (χ1v) is 7.15. The van der Waals surface area contributed by atoms with Crippen molar-refractivity contribution in [1.29, 1.82) is 5.26 Å². The summed E-state index contributed by atoms with van der Waals surface area (Å²) in [5.74, 6) is 0.741. The van der Waals surface area contributed by atoms with Crippen molar-refractivity contribution in [3.8, 4) is 22.9 Å². The summed E-state index contributed by atoms with van der Waals surface area (Å²) in [6.07, 6.45) is 0. The lowest BCUT2D eigenvalue weighted by Crippen LogP contribution is -2.12. The molecule has 0 fully saturated rings. The predicted octanol–water partition coefficient (Wildman–Crippen LogP) is 4.00. The normalized spacial score (nSPS) is 10.2. The van der Waals surface area contributed by atoms with Gasteiger partial charge in [0.15, 0.2) is 0 Å². The van der Waals surface area contributed by atoms with E-state index in [4.69, 9.17) is 21.6 Å². The highest BCUT2D eigenvalue weighted by atomic mass is 35.5. The van der Waals surface area contributed by atoms with E-state index in [0.717, 1.165) is 34.0 Å². The van der Waals surface area contributed by atoms with Crippen LogP contribution in [0.25, 0.3) is 11.1 Å². The van der Waals surface area contributed by atoms with Gasteiger partial charge in [-0.25, -0.2) is 0 Å². The van der Waals surface area contributed by atoms with Gasteiger partial charge in [0, 0.05) is 17.1 Å². The minimum absolute atomic E-state index is 0.606. The average molecular weight is 301 g/mol. The van der Waals surface area contributed by atoms with Crippen LogP contribution < -0.4 is 10.1 Å². The molecule has 0 atom stereocenters. The third-order valence-electron chi connectivity index (χ3n) is 3.25. The molecular weight excluding hydrogens is 284 g/mol. The van der Waals surface area contributed by atoms with E-state index in [1.165, 1.54) is 0 Å². The highest BCUT2D eigenvalue weighted by molar-refractivity contribution is 6.31. The van der Waals surface area contributed by atoms with Crippen molar-refractivity contribution in [3.63, 3.8) is 0 Å². The van der Waals surface area contributed by atoms with Crippen LogP contribution in [-0.4, -0.2) is 13.7 Å². The largest absolute Gasteiger partial charge is 0.496 e. The van der Waals surface area contributed by atoms with Crippen LogP contribution in [0, 0.1) is 11.3 Å². The minimum atomic E-state index is 0.606. The average Bonchev–Trinajstić information content (AvgIpc) is 2.53. The fourth-order valence-electron chi connectivity index (χ4n) is 2.14. The summed E-state index contributed by atoms with van der Waals surface area (Å²) < 4.78 is 5.39. The molecule has 0 unspecified atom stereocenters. The van der Waals surface area contributed by atoms with Crippen LogP contribution in [0.5, 0.6) is 5.75 Å². The zero-order chi connectivity index (χ0) is 15.2. The molecule has 2 rings (SSSR count). The molecular formula is C17H17ClN2O. The molecule has 0 aliphatic carbocycles. The molecule has 21 heavy (non-hydrogen) atoms. The second-order valence-corrected chi connectivity index (χ2v) is 5.02. The summed E-state index contributed by atoms with van der Waals surface area (Å²) in [7, 11) is 1.63. The van der Waals surface area contributed by atoms with E-state index in [1.54, 1.807) is 13.2 Å². The van der Waals surface area contributed by atoms with Gasteiger partial charge in [-0.3, -0.25) is 0 Å². The van der Waals surface area contributed by atoms with Gasteiger partial charge in [-0.15, -0.1) is 0 Å². The number of nitriles is 1. The minimum Gasteiger partial charge on any atom is -0.496 e. The van der Waals surface area contributed by atoms with Gasteiger partial charge in [0.1, 0.15) is 5.75 Å². The summed E-state index contributed by atoms with van der Waals surface area (Å²) in [5, 5.41) is 13.1. The first-order valence-electron chi connectivity index (χ1n) is 6.77. The smallest absolute Gasteiger partial charge is 0.126 e. The maximum Gasteiger partial charge on any atom is 0.126 e. The molecule has 0 saturated carbocycles. The van der Waals surface area contributed by atoms with Crippen molar-refractivity contribution in [3.05, 3.63) is 52.5 Å². The van der Waals surface area contributed by atoms with Crippen LogP contribution in [0.15, 0.2) is 36.4 Å². The lowest BCUT2D eigenvalue weighted by atomic mass is 10.00. The number of hydrogen-bond acceptors (Lipinski definition) is 3. The van der Waals surface area contributed by atoms with Gasteiger partial charge in [-0.2, -0.15) is 5.26 Å². The highest BCUT2D eigenvalue weighted by Crippen LogP contribution is 2.33. The van der Waals surface area contributed by atoms with E-state index in [2.05, 4.69) is 18.3 Å². The number of nitrogens with zero attached hydrogens (tertiary/aromatic N) is 1. The Hall–Kier alpha value is -2.02. The van der Waals surface area contributed by atoms with Gasteiger partial charge < -0.3 is 10.1 Å². The molecule has 0 heterocycles. The van der Waals surface area contributed by atoms with Crippen LogP contribution in [-0.2, 0) is 6.54 Å². The monoisotopic (exact) mass is 300 g/mol. The van der Waals surface area contributed by atoms with E-state index in [1.807, 2.05) is 30.3 Å². The molecule has 0 amide bonds. The second-order valence-electron chi connectivity index (χ2n) is 4.61. The Kier molecular flexibility index (Phi) is 5.21. The fourth-order valence-corrected chi connectivity index (χ4v) is 2.32. The summed E-state index contributed by atoms with van der Waals surface area (Å²) >= 11 is 6.23. The Morgan fingerprint density at radius 1 is 1.24 bits per heavy atom. The van der Waals surface area contributed by atoms with E-state index >= 15 is 0 Å². The molecule has 2 aromatic rings. The summed E-state index contributed by atoms with van der Waals surface area (Å²) in [5.41, 5.74) is 3.52. The van der Waals surface area contributed by atoms with Crippen LogP contribution in [0.3, 0.4) is 0 Å². The topological polar surface area (TPSA) is 45.0 Å². The lowest BCUT2D eigenvalue weighted by molar-refractivity contribution is 0.416. The predicted molar refractivity (Wildman–Crippen MR) is 85.5 cm³/mol. The molecule has 1 N–H and O–H groups in total. The summed E-state index contributed by atoms with van der Waals surface area (Å²) in [6.45, 7) is 3.65. The zero-order valence-corrected chi connectivity index (χ0v) is 12.9. The van der Waals surface area contributed by atoms with Gasteiger partial charge in [-0.1, -0.05) is 24.6 Å². The van der Waals surface area contributed by atoms with Crippen LogP contribution >= 0.6 is 11.6 Å². The number of halogens is 1. The van der Waals surface area contributed by atoms with Crippen molar-refractivity contribution in [2.24, 2.45) is 0 Å². The van der Waals surface area contributed by atoms with Gasteiger partial charge in [0.25, 0.3) is 0 Å². The SMILES string of the molecule is CCNCc1cc(-c2cc(C#N)ccc2OC)ccc1Cl. The zero-order valence-electron chi connectivity index (χ0n) is 12.1. The van der Waals surface area contributed by atoms with Gasteiger partial charge in [0.05, 0.1) is 18.7 Å². The molecule has 0 spiro atoms. The van der Waals surface area contributed by atoms with Crippen LogP contribution in [0.2, 0.25) is 5.02 Å². The van der Waals surface area contributed by atoms with Crippen LogP contribution in [0.4, 0.5) is 0 Å². The van der Waals surface area contributed by atoms with Crippen molar-refractivity contribution in [2.75, 3.05) is 13.7 Å². The van der Waals surface area contributed by atoms with E-state index in [0.29, 0.717) is 12.1 Å². The summed E-state index contributed by atoms with van der Waals surface area (Å²) in [4.78, 5) is 0. The van der Waals surface area contributed by atoms with Crippen molar-refractivity contribution in [2.45, 2.75) is 13.5 Å². The highest BCUT2D eigenvalue weighted by Gasteiger charge is 2.09. The number of nitrogens with one attached hydrogen (secondary N) is 1. The quantitative estimate of drug-likeness (QED) is 0.908. The molecule has 2 aromatic carbocycles. The van der Waals surface area contributed by atoms with Crippen molar-refractivity contribution in [1.82, 2.24) is 5.32 Å². The van der Waals surface area contributed by atoms with Gasteiger partial charge >= 0.3 is 0 Å². The van der Waals surface area contributed by atoms with Crippen molar-refractivity contribution >= 4 is 11.6 Å². The van der Waals surface area contributed by atoms with E-state index in [-0.39, 0.29) is 0 Å². The first kappa shape index (κ1) is 15.4. The third-order valence-corrected chi connectivity index (χ3v) is 3.62. The maximum atomic E-state index is 9.07. The van der Waals surface area contributed by atoms with Gasteiger partial charge in [0.2, 0.25) is 0 Å². The molecule has 4 heteroatoms. The second kappa shape index (κ2) is 7.12. The third kappa shape index (κ3) is 3.55. The molecule has 0 saturated heterocycles. The standard InChI is InChI=1S/C17H17ClN2O/c1-3-20-11-14-9-13(5-6-16(14)18)15-8-12(10-19)4-7-17(15)21-2/h4-9,20H,3,11H2,1-2H3. The Bertz CT molecular complexity index is 677. The molecule has 0 aliphatic rings. The van der Waals surface area contributed by atoms with Gasteiger partial charge in [-0.05, 0) is 48.0 Å². The molecule has 3 nitrogen and oxygen atoms in total. The van der Waals surface area contributed by atoms with E-state index < -0.39 is 0 Å². The number of hydrogen-bond donors (Lipinski definition) is 1. The van der Waals surface area contributed by atoms with Crippen LogP contribution in [0.1, 0.15) is 18.1 Å². The van der Waals surface area contributed by atoms with E-state index in [9.17, 15) is 0 Å². The summed E-state index contributed by atoms with van der Waals surface area (Å²) in [6, 6.07) is 13.4. The number of benzene rings is 2.